The van der Waals surface area contributed by atoms with E-state index in [2.05, 4.69) is 10.7 Å². The third-order valence-electron chi connectivity index (χ3n) is 5.69. The molecule has 0 aliphatic carbocycles. The summed E-state index contributed by atoms with van der Waals surface area (Å²) >= 11 is 1.21. The number of carboxylic acid groups (broad SMARTS) is 1. The van der Waals surface area contributed by atoms with Crippen LogP contribution in [0.4, 0.5) is 5.00 Å². The highest BCUT2D eigenvalue weighted by molar-refractivity contribution is 7.16. The van der Waals surface area contributed by atoms with E-state index in [-0.39, 0.29) is 22.5 Å². The van der Waals surface area contributed by atoms with Crippen molar-refractivity contribution < 1.29 is 19.4 Å². The number of benzene rings is 1. The number of nitrogens with zero attached hydrogens (tertiary/aromatic N) is 2. The van der Waals surface area contributed by atoms with Crippen molar-refractivity contribution in [2.45, 2.75) is 25.6 Å². The number of nitrogens with one attached hydrogen (secondary N) is 2. The van der Waals surface area contributed by atoms with Crippen LogP contribution in [0, 0.1) is 0 Å². The number of aromatic carboxylic acids is 1. The third kappa shape index (κ3) is 3.13. The quantitative estimate of drug-likeness (QED) is 0.468. The second kappa shape index (κ2) is 7.06. The molecule has 3 aromatic rings. The van der Waals surface area contributed by atoms with Crippen LogP contribution in [0.15, 0.2) is 27.8 Å². The number of hydrogen-bond donors (Lipinski definition) is 3. The van der Waals surface area contributed by atoms with E-state index in [1.807, 2.05) is 12.1 Å². The Hall–Kier alpha value is -3.44. The Morgan fingerprint density at radius 3 is 2.77 bits per heavy atom. The van der Waals surface area contributed by atoms with Gasteiger partial charge in [0.1, 0.15) is 10.8 Å². The van der Waals surface area contributed by atoms with Gasteiger partial charge in [0.25, 0.3) is 5.91 Å². The number of carboxylic acids is 1. The molecule has 1 unspecified atom stereocenters. The molecule has 10 nitrogen and oxygen atoms in total. The van der Waals surface area contributed by atoms with Crippen LogP contribution in [0.3, 0.4) is 0 Å². The van der Waals surface area contributed by atoms with E-state index >= 15 is 0 Å². The number of aromatic nitrogens is 1. The smallest absolute Gasteiger partial charge is 0.340 e. The predicted octanol–water partition coefficient (Wildman–Crippen LogP) is 0.398. The maximum absolute atomic E-state index is 12.9. The molecule has 0 saturated heterocycles. The van der Waals surface area contributed by atoms with Crippen molar-refractivity contribution in [3.63, 3.8) is 0 Å². The van der Waals surface area contributed by atoms with Gasteiger partial charge in [0.15, 0.2) is 0 Å². The molecule has 0 saturated carbocycles. The average molecular weight is 442 g/mol. The lowest BCUT2D eigenvalue weighted by atomic mass is 9.97. The van der Waals surface area contributed by atoms with Crippen molar-refractivity contribution in [3.05, 3.63) is 66.0 Å². The lowest BCUT2D eigenvalue weighted by Crippen LogP contribution is -2.44. The summed E-state index contributed by atoms with van der Waals surface area (Å²) in [7, 11) is 1.53. The van der Waals surface area contributed by atoms with Crippen molar-refractivity contribution >= 4 is 28.2 Å². The van der Waals surface area contributed by atoms with Crippen LogP contribution in [0.5, 0.6) is 5.75 Å². The van der Waals surface area contributed by atoms with Crippen LogP contribution in [-0.4, -0.2) is 46.3 Å². The van der Waals surface area contributed by atoms with Gasteiger partial charge in [0.2, 0.25) is 0 Å². The molecule has 0 radical (unpaired) electrons. The van der Waals surface area contributed by atoms with Gasteiger partial charge in [0.05, 0.1) is 18.2 Å². The van der Waals surface area contributed by atoms with Gasteiger partial charge in [-0.15, -0.1) is 11.3 Å². The summed E-state index contributed by atoms with van der Waals surface area (Å²) < 4.78 is 6.12. The summed E-state index contributed by atoms with van der Waals surface area (Å²) in [6, 6.07) is 5.37. The van der Waals surface area contributed by atoms with Crippen LogP contribution < -0.4 is 26.6 Å². The van der Waals surface area contributed by atoms with E-state index in [0.717, 1.165) is 15.1 Å². The SMILES string of the molecule is COc1cccc2c1C(=O)N(CC1Cc3c(sc(Nn4c(=O)c4=O)c3C(=O)O)CN1)C2. The Bertz CT molecular complexity index is 1280. The molecule has 2 aliphatic rings. The average Bonchev–Trinajstić information content (AvgIpc) is 3.06. The third-order valence-corrected chi connectivity index (χ3v) is 6.83. The second-order valence-corrected chi connectivity index (χ2v) is 8.64. The molecule has 11 heteroatoms. The molecule has 2 aromatic heterocycles. The van der Waals surface area contributed by atoms with Crippen molar-refractivity contribution in [1.29, 1.82) is 0 Å². The predicted molar refractivity (Wildman–Crippen MR) is 112 cm³/mol. The number of amides is 1. The topological polar surface area (TPSA) is 130 Å². The van der Waals surface area contributed by atoms with Gasteiger partial charge in [-0.3, -0.25) is 19.8 Å². The number of ether oxygens (including phenoxy) is 1. The summed E-state index contributed by atoms with van der Waals surface area (Å²) in [5.41, 5.74) is 3.42. The first-order valence-electron chi connectivity index (χ1n) is 9.60. The Kier molecular flexibility index (Phi) is 4.45. The Balaban J connectivity index is 1.37. The lowest BCUT2D eigenvalue weighted by Gasteiger charge is -2.28. The monoisotopic (exact) mass is 442 g/mol. The summed E-state index contributed by atoms with van der Waals surface area (Å²) in [6.07, 6.45) is 0.411. The number of carbonyl (C=O) groups excluding carboxylic acids is 1. The summed E-state index contributed by atoms with van der Waals surface area (Å²) in [5.74, 6) is -0.689. The first-order valence-corrected chi connectivity index (χ1v) is 10.4. The van der Waals surface area contributed by atoms with Gasteiger partial charge in [-0.25, -0.2) is 4.79 Å². The number of thiophene rings is 1. The maximum atomic E-state index is 12.9. The zero-order chi connectivity index (χ0) is 21.9. The van der Waals surface area contributed by atoms with Gasteiger partial charge in [-0.05, 0) is 23.6 Å². The first-order chi connectivity index (χ1) is 14.9. The molecule has 3 N–H and O–H groups in total. The fourth-order valence-corrected chi connectivity index (χ4v) is 5.33. The van der Waals surface area contributed by atoms with E-state index in [0.29, 0.717) is 42.9 Å². The van der Waals surface area contributed by atoms with Gasteiger partial charge in [0, 0.05) is 30.6 Å². The minimum Gasteiger partial charge on any atom is -0.496 e. The number of methoxy groups -OCH3 is 1. The first kappa shape index (κ1) is 19.5. The van der Waals surface area contributed by atoms with Gasteiger partial charge in [-0.2, -0.15) is 4.68 Å². The van der Waals surface area contributed by atoms with Crippen molar-refractivity contribution in [1.82, 2.24) is 14.9 Å². The normalized spacial score (nSPS) is 17.6. The van der Waals surface area contributed by atoms with E-state index in [1.54, 1.807) is 11.0 Å². The van der Waals surface area contributed by atoms with E-state index < -0.39 is 17.1 Å². The number of hydrogen-bond acceptors (Lipinski definition) is 8. The Labute approximate surface area is 179 Å². The minimum absolute atomic E-state index is 0.0664. The van der Waals surface area contributed by atoms with Crippen LogP contribution in [0.2, 0.25) is 0 Å². The molecule has 2 aliphatic heterocycles. The van der Waals surface area contributed by atoms with E-state index in [1.165, 1.54) is 18.4 Å². The maximum Gasteiger partial charge on any atom is 0.340 e. The number of anilines is 1. The zero-order valence-electron chi connectivity index (χ0n) is 16.4. The Morgan fingerprint density at radius 1 is 1.32 bits per heavy atom. The number of fused-ring (bicyclic) bond motifs is 2. The molecule has 4 heterocycles. The van der Waals surface area contributed by atoms with Crippen molar-refractivity contribution in [3.8, 4) is 5.75 Å². The lowest BCUT2D eigenvalue weighted by molar-refractivity contribution is 0.0693. The molecular weight excluding hydrogens is 424 g/mol. The Morgan fingerprint density at radius 2 is 2.10 bits per heavy atom. The molecule has 1 aromatic carbocycles. The minimum atomic E-state index is -1.13. The highest BCUT2D eigenvalue weighted by Crippen LogP contribution is 2.37. The second-order valence-electron chi connectivity index (χ2n) is 7.53. The van der Waals surface area contributed by atoms with Crippen LogP contribution in [0.1, 0.15) is 36.7 Å². The number of carbonyl (C=O) groups is 2. The highest BCUT2D eigenvalue weighted by Gasteiger charge is 2.35. The van der Waals surface area contributed by atoms with Gasteiger partial charge < -0.3 is 20.1 Å². The fraction of sp³-hybridized carbons (Fsp3) is 0.300. The van der Waals surface area contributed by atoms with Gasteiger partial charge in [-0.1, -0.05) is 12.1 Å². The van der Waals surface area contributed by atoms with Crippen LogP contribution in [0.25, 0.3) is 0 Å². The largest absolute Gasteiger partial charge is 0.496 e. The van der Waals surface area contributed by atoms with Crippen LogP contribution >= 0.6 is 11.3 Å². The molecule has 0 spiro atoms. The molecule has 160 valence electrons. The molecule has 5 rings (SSSR count). The molecule has 31 heavy (non-hydrogen) atoms. The highest BCUT2D eigenvalue weighted by atomic mass is 32.1. The summed E-state index contributed by atoms with van der Waals surface area (Å²) in [6.45, 7) is 1.32. The van der Waals surface area contributed by atoms with Gasteiger partial charge >= 0.3 is 17.1 Å². The van der Waals surface area contributed by atoms with E-state index in [4.69, 9.17) is 4.74 Å². The van der Waals surface area contributed by atoms with Crippen molar-refractivity contribution in [2.75, 3.05) is 19.1 Å². The summed E-state index contributed by atoms with van der Waals surface area (Å²) in [5, 5.41) is 13.4. The molecule has 0 bridgehead atoms. The molecule has 1 amide bonds. The summed E-state index contributed by atoms with van der Waals surface area (Å²) in [4.78, 5) is 49.9. The number of rotatable bonds is 6. The molecule has 0 fully saturated rings. The molecular formula is C20H18N4O6S. The standard InChI is InChI=1S/C20H18N4O6S/c1-30-12-4-2-3-9-7-23(17(25)14(9)12)8-10-5-11-13(6-21-10)31-16(15(11)20(28)29)22-24-18(26)19(24)27/h2-4,10,21-22H,5-8H2,1H3,(H,28,29). The zero-order valence-corrected chi connectivity index (χ0v) is 17.2. The molecule has 1 atom stereocenters. The van der Waals surface area contributed by atoms with Crippen LogP contribution in [-0.2, 0) is 19.5 Å². The van der Waals surface area contributed by atoms with E-state index in [9.17, 15) is 24.3 Å². The fourth-order valence-electron chi connectivity index (χ4n) is 4.17. The van der Waals surface area contributed by atoms with Crippen molar-refractivity contribution in [2.24, 2.45) is 0 Å².